The van der Waals surface area contributed by atoms with Gasteiger partial charge in [0.05, 0.1) is 29.2 Å². The molecule has 0 spiro atoms. The molecule has 0 aliphatic rings. The molecule has 1 aromatic carbocycles. The van der Waals surface area contributed by atoms with Crippen molar-refractivity contribution in [1.82, 2.24) is 14.5 Å². The minimum atomic E-state index is -0.101. The number of benzene rings is 1. The van der Waals surface area contributed by atoms with E-state index >= 15 is 0 Å². The number of anilines is 1. The van der Waals surface area contributed by atoms with Crippen molar-refractivity contribution in [1.29, 1.82) is 0 Å². The fourth-order valence-electron chi connectivity index (χ4n) is 3.24. The van der Waals surface area contributed by atoms with E-state index in [1.165, 1.54) is 11.3 Å². The van der Waals surface area contributed by atoms with Crippen LogP contribution in [0.25, 0.3) is 10.2 Å². The first-order valence-corrected chi connectivity index (χ1v) is 10.2. The first kappa shape index (κ1) is 21.9. The SMILES string of the molecule is COc1ccc2nc(N(CCCn3ccnc3)C(=O)c3cc(C)oc3C)sc2c1.Cl. The number of hydrogen-bond acceptors (Lipinski definition) is 6. The van der Waals surface area contributed by atoms with E-state index in [-0.39, 0.29) is 18.3 Å². The zero-order valence-corrected chi connectivity index (χ0v) is 18.6. The molecule has 0 fully saturated rings. The largest absolute Gasteiger partial charge is 0.497 e. The Morgan fingerprint density at radius 3 is 2.80 bits per heavy atom. The molecule has 0 radical (unpaired) electrons. The number of hydrogen-bond donors (Lipinski definition) is 0. The molecule has 3 heterocycles. The third kappa shape index (κ3) is 4.49. The van der Waals surface area contributed by atoms with Crippen molar-refractivity contribution in [2.24, 2.45) is 0 Å². The highest BCUT2D eigenvalue weighted by atomic mass is 35.5. The standard InChI is InChI=1S/C21H22N4O3S.ClH/c1-14-11-17(15(2)28-14)20(26)25(9-4-8-24-10-7-22-13-24)21-23-18-6-5-16(27-3)12-19(18)29-21;/h5-7,10-13H,4,8-9H2,1-3H3;1H. The van der Waals surface area contributed by atoms with Gasteiger partial charge in [0, 0.05) is 25.5 Å². The predicted octanol–water partition coefficient (Wildman–Crippen LogP) is 4.87. The van der Waals surface area contributed by atoms with Crippen molar-refractivity contribution in [3.8, 4) is 5.75 Å². The quantitative estimate of drug-likeness (QED) is 0.405. The molecule has 0 bridgehead atoms. The van der Waals surface area contributed by atoms with Gasteiger partial charge in [0.15, 0.2) is 5.13 Å². The number of ether oxygens (including phenoxy) is 1. The van der Waals surface area contributed by atoms with Crippen LogP contribution in [-0.4, -0.2) is 34.1 Å². The van der Waals surface area contributed by atoms with Crippen LogP contribution >= 0.6 is 23.7 Å². The summed E-state index contributed by atoms with van der Waals surface area (Å²) in [5, 5.41) is 0.669. The maximum absolute atomic E-state index is 13.4. The number of imidazole rings is 1. The van der Waals surface area contributed by atoms with E-state index in [0.717, 1.165) is 34.7 Å². The lowest BCUT2D eigenvalue weighted by Crippen LogP contribution is -2.32. The van der Waals surface area contributed by atoms with Crippen LogP contribution in [0.4, 0.5) is 5.13 Å². The second kappa shape index (κ2) is 9.32. The highest BCUT2D eigenvalue weighted by Crippen LogP contribution is 2.32. The van der Waals surface area contributed by atoms with Crippen LogP contribution in [0.1, 0.15) is 28.3 Å². The monoisotopic (exact) mass is 446 g/mol. The fraction of sp³-hybridized carbons (Fsp3) is 0.286. The van der Waals surface area contributed by atoms with Gasteiger partial charge in [0.2, 0.25) is 0 Å². The number of halogens is 1. The Bertz CT molecular complexity index is 1140. The molecule has 30 heavy (non-hydrogen) atoms. The second-order valence-corrected chi connectivity index (χ2v) is 7.78. The summed E-state index contributed by atoms with van der Waals surface area (Å²) < 4.78 is 13.9. The summed E-state index contributed by atoms with van der Waals surface area (Å²) in [6, 6.07) is 7.52. The average Bonchev–Trinajstić information content (AvgIpc) is 3.43. The third-order valence-corrected chi connectivity index (χ3v) is 5.73. The zero-order valence-electron chi connectivity index (χ0n) is 17.0. The van der Waals surface area contributed by atoms with E-state index in [1.807, 2.05) is 42.8 Å². The number of furan rings is 1. The van der Waals surface area contributed by atoms with Crippen LogP contribution in [0.3, 0.4) is 0 Å². The number of carbonyl (C=O) groups is 1. The number of methoxy groups -OCH3 is 1. The molecule has 0 aliphatic heterocycles. The van der Waals surface area contributed by atoms with E-state index in [4.69, 9.17) is 14.1 Å². The summed E-state index contributed by atoms with van der Waals surface area (Å²) >= 11 is 1.48. The van der Waals surface area contributed by atoms with Gasteiger partial charge in [0.1, 0.15) is 17.3 Å². The van der Waals surface area contributed by atoms with Crippen molar-refractivity contribution >= 4 is 45.0 Å². The van der Waals surface area contributed by atoms with Gasteiger partial charge in [-0.2, -0.15) is 0 Å². The van der Waals surface area contributed by atoms with Crippen LogP contribution in [0.2, 0.25) is 0 Å². The van der Waals surface area contributed by atoms with Gasteiger partial charge in [-0.05, 0) is 44.5 Å². The van der Waals surface area contributed by atoms with Crippen LogP contribution in [0, 0.1) is 13.8 Å². The highest BCUT2D eigenvalue weighted by molar-refractivity contribution is 7.22. The summed E-state index contributed by atoms with van der Waals surface area (Å²) in [4.78, 5) is 23.9. The Labute approximate surface area is 184 Å². The minimum Gasteiger partial charge on any atom is -0.497 e. The summed E-state index contributed by atoms with van der Waals surface area (Å²) in [6.07, 6.45) is 6.22. The number of nitrogens with zero attached hydrogens (tertiary/aromatic N) is 4. The first-order chi connectivity index (χ1) is 14.0. The van der Waals surface area contributed by atoms with Gasteiger partial charge in [-0.25, -0.2) is 9.97 Å². The smallest absolute Gasteiger partial charge is 0.263 e. The predicted molar refractivity (Wildman–Crippen MR) is 120 cm³/mol. The minimum absolute atomic E-state index is 0. The van der Waals surface area contributed by atoms with Crippen molar-refractivity contribution in [3.63, 3.8) is 0 Å². The fourth-order valence-corrected chi connectivity index (χ4v) is 4.26. The Kier molecular flexibility index (Phi) is 6.79. The molecule has 0 unspecified atom stereocenters. The molecule has 0 aliphatic carbocycles. The molecular formula is C21H23ClN4O3S. The van der Waals surface area contributed by atoms with Crippen LogP contribution in [-0.2, 0) is 6.54 Å². The summed E-state index contributed by atoms with van der Waals surface area (Å²) in [7, 11) is 1.64. The zero-order chi connectivity index (χ0) is 20.4. The van der Waals surface area contributed by atoms with E-state index in [2.05, 4.69) is 4.98 Å². The van der Waals surface area contributed by atoms with Crippen LogP contribution in [0.15, 0.2) is 47.4 Å². The Hall–Kier alpha value is -2.84. The maximum atomic E-state index is 13.4. The Morgan fingerprint density at radius 1 is 1.30 bits per heavy atom. The van der Waals surface area contributed by atoms with Crippen molar-refractivity contribution in [2.75, 3.05) is 18.6 Å². The molecule has 158 valence electrons. The molecule has 7 nitrogen and oxygen atoms in total. The van der Waals surface area contributed by atoms with Gasteiger partial charge < -0.3 is 13.7 Å². The molecule has 4 rings (SSSR count). The number of aromatic nitrogens is 3. The van der Waals surface area contributed by atoms with Crippen molar-refractivity contribution in [3.05, 3.63) is 60.1 Å². The molecule has 0 saturated heterocycles. The normalized spacial score (nSPS) is 10.8. The number of aryl methyl sites for hydroxylation is 3. The Balaban J connectivity index is 0.00000256. The maximum Gasteiger partial charge on any atom is 0.263 e. The summed E-state index contributed by atoms with van der Waals surface area (Å²) in [6.45, 7) is 4.97. The molecule has 3 aromatic heterocycles. The van der Waals surface area contributed by atoms with Crippen molar-refractivity contribution in [2.45, 2.75) is 26.8 Å². The van der Waals surface area contributed by atoms with Crippen LogP contribution < -0.4 is 9.64 Å². The van der Waals surface area contributed by atoms with Gasteiger partial charge in [0.25, 0.3) is 5.91 Å². The molecule has 0 N–H and O–H groups in total. The van der Waals surface area contributed by atoms with E-state index < -0.39 is 0 Å². The first-order valence-electron chi connectivity index (χ1n) is 9.34. The van der Waals surface area contributed by atoms with Gasteiger partial charge in [-0.1, -0.05) is 11.3 Å². The highest BCUT2D eigenvalue weighted by Gasteiger charge is 2.24. The molecule has 9 heteroatoms. The lowest BCUT2D eigenvalue weighted by atomic mass is 10.2. The number of fused-ring (bicyclic) bond motifs is 1. The third-order valence-electron chi connectivity index (χ3n) is 4.69. The second-order valence-electron chi connectivity index (χ2n) is 6.77. The molecule has 0 atom stereocenters. The molecular weight excluding hydrogens is 424 g/mol. The average molecular weight is 447 g/mol. The van der Waals surface area contributed by atoms with E-state index in [1.54, 1.807) is 30.6 Å². The number of thiazole rings is 1. The van der Waals surface area contributed by atoms with Crippen molar-refractivity contribution < 1.29 is 13.9 Å². The molecule has 4 aromatic rings. The Morgan fingerprint density at radius 2 is 2.13 bits per heavy atom. The number of rotatable bonds is 7. The lowest BCUT2D eigenvalue weighted by molar-refractivity contribution is 0.0985. The van der Waals surface area contributed by atoms with E-state index in [0.29, 0.717) is 23.0 Å². The lowest BCUT2D eigenvalue weighted by Gasteiger charge is -2.19. The summed E-state index contributed by atoms with van der Waals surface area (Å²) in [5.74, 6) is 2.01. The van der Waals surface area contributed by atoms with Gasteiger partial charge in [-0.15, -0.1) is 12.4 Å². The summed E-state index contributed by atoms with van der Waals surface area (Å²) in [5.41, 5.74) is 1.42. The molecule has 1 amide bonds. The topological polar surface area (TPSA) is 73.4 Å². The van der Waals surface area contributed by atoms with Crippen LogP contribution in [0.5, 0.6) is 5.75 Å². The van der Waals surface area contributed by atoms with Gasteiger partial charge >= 0.3 is 0 Å². The number of carbonyl (C=O) groups excluding carboxylic acids is 1. The molecule has 0 saturated carbocycles. The number of amides is 1. The van der Waals surface area contributed by atoms with E-state index in [9.17, 15) is 4.79 Å². The van der Waals surface area contributed by atoms with Gasteiger partial charge in [-0.3, -0.25) is 9.69 Å².